The van der Waals surface area contributed by atoms with Crippen molar-refractivity contribution in [1.82, 2.24) is 0 Å². The molecule has 0 aliphatic rings. The lowest BCUT2D eigenvalue weighted by molar-refractivity contribution is -0.116. The van der Waals surface area contributed by atoms with Gasteiger partial charge in [-0.05, 0) is 54.8 Å². The van der Waals surface area contributed by atoms with Crippen molar-refractivity contribution in [2.45, 2.75) is 19.8 Å². The predicted octanol–water partition coefficient (Wildman–Crippen LogP) is 3.37. The number of nitrogens with one attached hydrogen (secondary N) is 1. The smallest absolute Gasteiger partial charge is 0.337 e. The Kier molecular flexibility index (Phi) is 6.60. The zero-order chi connectivity index (χ0) is 19.1. The van der Waals surface area contributed by atoms with Crippen molar-refractivity contribution in [2.24, 2.45) is 0 Å². The van der Waals surface area contributed by atoms with E-state index < -0.39 is 5.97 Å². The van der Waals surface area contributed by atoms with Crippen molar-refractivity contribution in [3.8, 4) is 11.5 Å². The van der Waals surface area contributed by atoms with Crippen molar-refractivity contribution in [2.75, 3.05) is 26.6 Å². The highest BCUT2D eigenvalue weighted by Crippen LogP contribution is 2.28. The summed E-state index contributed by atoms with van der Waals surface area (Å²) in [4.78, 5) is 23.8. The summed E-state index contributed by atoms with van der Waals surface area (Å²) >= 11 is 0. The highest BCUT2D eigenvalue weighted by Gasteiger charge is 2.11. The molecule has 2 rings (SSSR count). The molecule has 0 atom stereocenters. The van der Waals surface area contributed by atoms with E-state index in [4.69, 9.17) is 9.47 Å². The molecule has 26 heavy (non-hydrogen) atoms. The molecule has 0 aliphatic heterocycles. The van der Waals surface area contributed by atoms with Crippen LogP contribution in [0.25, 0.3) is 0 Å². The van der Waals surface area contributed by atoms with Crippen LogP contribution < -0.4 is 14.8 Å². The standard InChI is InChI=1S/C20H23NO5/c1-13-11-15(20(23)26-4)7-8-16(13)21-19(22)10-6-14-5-9-17(24-2)18(12-14)25-3/h5,7-9,11-12H,6,10H2,1-4H3,(H,21,22). The van der Waals surface area contributed by atoms with Gasteiger partial charge in [-0.3, -0.25) is 4.79 Å². The van der Waals surface area contributed by atoms with E-state index in [1.165, 1.54) is 7.11 Å². The second kappa shape index (κ2) is 8.89. The number of carbonyl (C=O) groups excluding carboxylic acids is 2. The number of carbonyl (C=O) groups is 2. The van der Waals surface area contributed by atoms with Crippen molar-refractivity contribution in [3.63, 3.8) is 0 Å². The summed E-state index contributed by atoms with van der Waals surface area (Å²) in [6.07, 6.45) is 0.902. The lowest BCUT2D eigenvalue weighted by atomic mass is 10.1. The van der Waals surface area contributed by atoms with Gasteiger partial charge in [-0.25, -0.2) is 4.79 Å². The quantitative estimate of drug-likeness (QED) is 0.769. The van der Waals surface area contributed by atoms with E-state index in [1.807, 2.05) is 25.1 Å². The maximum Gasteiger partial charge on any atom is 0.337 e. The van der Waals surface area contributed by atoms with Gasteiger partial charge in [0.05, 0.1) is 26.9 Å². The number of benzene rings is 2. The van der Waals surface area contributed by atoms with Gasteiger partial charge >= 0.3 is 5.97 Å². The Morgan fingerprint density at radius 1 is 0.962 bits per heavy atom. The van der Waals surface area contributed by atoms with Gasteiger partial charge in [0.1, 0.15) is 0 Å². The van der Waals surface area contributed by atoms with E-state index in [1.54, 1.807) is 32.4 Å². The van der Waals surface area contributed by atoms with E-state index in [-0.39, 0.29) is 5.91 Å². The summed E-state index contributed by atoms with van der Waals surface area (Å²) in [5.41, 5.74) is 2.91. The van der Waals surface area contributed by atoms with Gasteiger partial charge in [0.25, 0.3) is 0 Å². The van der Waals surface area contributed by atoms with Gasteiger partial charge in [0, 0.05) is 12.1 Å². The first-order chi connectivity index (χ1) is 12.5. The molecule has 2 aromatic rings. The topological polar surface area (TPSA) is 73.9 Å². The second-order valence-corrected chi connectivity index (χ2v) is 5.76. The van der Waals surface area contributed by atoms with Crippen LogP contribution in [0, 0.1) is 6.92 Å². The largest absolute Gasteiger partial charge is 0.493 e. The summed E-state index contributed by atoms with van der Waals surface area (Å²) in [6, 6.07) is 10.6. The van der Waals surface area contributed by atoms with E-state index in [0.717, 1.165) is 11.1 Å². The summed E-state index contributed by atoms with van der Waals surface area (Å²) in [5, 5.41) is 2.87. The molecule has 0 unspecified atom stereocenters. The third-order valence-corrected chi connectivity index (χ3v) is 4.01. The van der Waals surface area contributed by atoms with Gasteiger partial charge in [0.2, 0.25) is 5.91 Å². The Labute approximate surface area is 153 Å². The van der Waals surface area contributed by atoms with Gasteiger partial charge in [-0.1, -0.05) is 6.07 Å². The third kappa shape index (κ3) is 4.75. The van der Waals surface area contributed by atoms with Gasteiger partial charge < -0.3 is 19.5 Å². The molecule has 6 nitrogen and oxygen atoms in total. The fourth-order valence-electron chi connectivity index (χ4n) is 2.56. The number of hydrogen-bond acceptors (Lipinski definition) is 5. The minimum atomic E-state index is -0.403. The first kappa shape index (κ1) is 19.3. The molecule has 0 spiro atoms. The molecule has 2 aromatic carbocycles. The number of amides is 1. The molecule has 0 radical (unpaired) electrons. The average molecular weight is 357 g/mol. The van der Waals surface area contributed by atoms with Gasteiger partial charge in [0.15, 0.2) is 11.5 Å². The first-order valence-corrected chi connectivity index (χ1v) is 8.18. The molecule has 6 heteroatoms. The van der Waals surface area contributed by atoms with Crippen LogP contribution in [-0.4, -0.2) is 33.2 Å². The van der Waals surface area contributed by atoms with Crippen LogP contribution in [0.15, 0.2) is 36.4 Å². The average Bonchev–Trinajstić information content (AvgIpc) is 2.66. The second-order valence-electron chi connectivity index (χ2n) is 5.76. The van der Waals surface area contributed by atoms with Gasteiger partial charge in [-0.15, -0.1) is 0 Å². The molecule has 0 saturated carbocycles. The molecule has 1 N–H and O–H groups in total. The van der Waals surface area contributed by atoms with Crippen LogP contribution in [-0.2, 0) is 16.0 Å². The molecule has 0 heterocycles. The van der Waals surface area contributed by atoms with E-state index >= 15 is 0 Å². The normalized spacial score (nSPS) is 10.2. The zero-order valence-corrected chi connectivity index (χ0v) is 15.4. The number of ether oxygens (including phenoxy) is 3. The van der Waals surface area contributed by atoms with Crippen molar-refractivity contribution in [3.05, 3.63) is 53.1 Å². The van der Waals surface area contributed by atoms with Crippen molar-refractivity contribution >= 4 is 17.6 Å². The Bertz CT molecular complexity index is 801. The molecule has 0 fully saturated rings. The minimum Gasteiger partial charge on any atom is -0.493 e. The Morgan fingerprint density at radius 3 is 2.31 bits per heavy atom. The third-order valence-electron chi connectivity index (χ3n) is 4.01. The zero-order valence-electron chi connectivity index (χ0n) is 15.4. The van der Waals surface area contributed by atoms with Gasteiger partial charge in [-0.2, -0.15) is 0 Å². The molecule has 0 bridgehead atoms. The van der Waals surface area contributed by atoms with Crippen LogP contribution in [0.5, 0.6) is 11.5 Å². The lowest BCUT2D eigenvalue weighted by Crippen LogP contribution is -2.13. The number of anilines is 1. The number of aryl methyl sites for hydroxylation is 2. The van der Waals surface area contributed by atoms with E-state index in [9.17, 15) is 9.59 Å². The summed E-state index contributed by atoms with van der Waals surface area (Å²) in [7, 11) is 4.50. The fraction of sp³-hybridized carbons (Fsp3) is 0.300. The maximum absolute atomic E-state index is 12.2. The Hall–Kier alpha value is -3.02. The van der Waals surface area contributed by atoms with Crippen LogP contribution in [0.4, 0.5) is 5.69 Å². The van der Waals surface area contributed by atoms with Crippen molar-refractivity contribution in [1.29, 1.82) is 0 Å². The van der Waals surface area contributed by atoms with E-state index in [0.29, 0.717) is 35.6 Å². The number of methoxy groups -OCH3 is 3. The fourth-order valence-corrected chi connectivity index (χ4v) is 2.56. The molecule has 0 saturated heterocycles. The molecule has 138 valence electrons. The molecule has 1 amide bonds. The van der Waals surface area contributed by atoms with Crippen molar-refractivity contribution < 1.29 is 23.8 Å². The summed E-state index contributed by atoms with van der Waals surface area (Å²) in [6.45, 7) is 1.83. The SMILES string of the molecule is COC(=O)c1ccc(NC(=O)CCc2ccc(OC)c(OC)c2)c(C)c1. The molecular weight excluding hydrogens is 334 g/mol. The highest BCUT2D eigenvalue weighted by molar-refractivity contribution is 5.94. The van der Waals surface area contributed by atoms with Crippen LogP contribution in [0.2, 0.25) is 0 Å². The van der Waals surface area contributed by atoms with Crippen LogP contribution >= 0.6 is 0 Å². The molecule has 0 aromatic heterocycles. The molecular formula is C20H23NO5. The summed E-state index contributed by atoms with van der Waals surface area (Å²) in [5.74, 6) is 0.787. The minimum absolute atomic E-state index is 0.103. The molecule has 0 aliphatic carbocycles. The van der Waals surface area contributed by atoms with E-state index in [2.05, 4.69) is 10.1 Å². The lowest BCUT2D eigenvalue weighted by Gasteiger charge is -2.11. The maximum atomic E-state index is 12.2. The van der Waals surface area contributed by atoms with Crippen LogP contribution in [0.3, 0.4) is 0 Å². The Balaban J connectivity index is 1.98. The monoisotopic (exact) mass is 357 g/mol. The van der Waals surface area contributed by atoms with Crippen LogP contribution in [0.1, 0.15) is 27.9 Å². The summed E-state index contributed by atoms with van der Waals surface area (Å²) < 4.78 is 15.2. The predicted molar refractivity (Wildman–Crippen MR) is 99.0 cm³/mol. The first-order valence-electron chi connectivity index (χ1n) is 8.18. The highest BCUT2D eigenvalue weighted by atomic mass is 16.5. The number of esters is 1. The Morgan fingerprint density at radius 2 is 1.69 bits per heavy atom. The number of rotatable bonds is 7. The number of hydrogen-bond donors (Lipinski definition) is 1.